The maximum Gasteiger partial charge on any atom is 0.267 e. The number of fused-ring (bicyclic) bond motifs is 1. The topological polar surface area (TPSA) is 64.0 Å². The number of carbonyl (C=O) groups excluding carboxylic acids is 1. The van der Waals surface area contributed by atoms with Gasteiger partial charge in [0.1, 0.15) is 10.6 Å². The second-order valence-corrected chi connectivity index (χ2v) is 9.13. The summed E-state index contributed by atoms with van der Waals surface area (Å²) >= 11 is 2.63. The number of thioether (sulfide) groups is 1. The Bertz CT molecular complexity index is 1330. The summed E-state index contributed by atoms with van der Waals surface area (Å²) in [7, 11) is 0. The molecule has 2 aromatic carbocycles. The van der Waals surface area contributed by atoms with Gasteiger partial charge in [-0.05, 0) is 54.0 Å². The predicted molar refractivity (Wildman–Crippen MR) is 123 cm³/mol. The SMILES string of the molecule is O=C(CSc1nc2scc(C3CC3)c2c(=O)n1-c1ccccc1)Nc1ccccc1F. The number of rotatable bonds is 6. The molecule has 4 aromatic rings. The number of nitrogens with one attached hydrogen (secondary N) is 1. The normalized spacial score (nSPS) is 13.5. The van der Waals surface area contributed by atoms with Gasteiger partial charge in [-0.2, -0.15) is 0 Å². The third-order valence-corrected chi connectivity index (χ3v) is 6.95. The van der Waals surface area contributed by atoms with E-state index >= 15 is 0 Å². The molecule has 5 rings (SSSR count). The molecule has 5 nitrogen and oxygen atoms in total. The van der Waals surface area contributed by atoms with E-state index in [4.69, 9.17) is 4.98 Å². The summed E-state index contributed by atoms with van der Waals surface area (Å²) in [6.45, 7) is 0. The number of hydrogen-bond donors (Lipinski definition) is 1. The second kappa shape index (κ2) is 8.28. The molecule has 1 N–H and O–H groups in total. The van der Waals surface area contributed by atoms with E-state index in [1.807, 2.05) is 35.7 Å². The molecule has 156 valence electrons. The molecule has 0 radical (unpaired) electrons. The first kappa shape index (κ1) is 20.0. The summed E-state index contributed by atoms with van der Waals surface area (Å²) in [5, 5.41) is 5.72. The summed E-state index contributed by atoms with van der Waals surface area (Å²) in [6, 6.07) is 15.3. The van der Waals surface area contributed by atoms with Crippen molar-refractivity contribution in [3.05, 3.63) is 81.7 Å². The molecule has 8 heteroatoms. The van der Waals surface area contributed by atoms with Crippen LogP contribution in [0.4, 0.5) is 10.1 Å². The van der Waals surface area contributed by atoms with Crippen LogP contribution in [0.2, 0.25) is 0 Å². The number of halogens is 1. The molecule has 2 heterocycles. The number of hydrogen-bond acceptors (Lipinski definition) is 5. The van der Waals surface area contributed by atoms with E-state index in [0.717, 1.165) is 30.2 Å². The highest BCUT2D eigenvalue weighted by Crippen LogP contribution is 2.44. The van der Waals surface area contributed by atoms with E-state index in [2.05, 4.69) is 5.32 Å². The molecule has 0 spiro atoms. The van der Waals surface area contributed by atoms with Crippen LogP contribution in [0.1, 0.15) is 24.3 Å². The minimum Gasteiger partial charge on any atom is -0.323 e. The lowest BCUT2D eigenvalue weighted by atomic mass is 10.1. The van der Waals surface area contributed by atoms with Crippen molar-refractivity contribution < 1.29 is 9.18 Å². The molecule has 0 atom stereocenters. The van der Waals surface area contributed by atoms with E-state index in [1.54, 1.807) is 16.7 Å². The first-order valence-electron chi connectivity index (χ1n) is 9.88. The quantitative estimate of drug-likeness (QED) is 0.324. The Balaban J connectivity index is 1.49. The minimum absolute atomic E-state index is 0.0000279. The molecule has 1 saturated carbocycles. The number of para-hydroxylation sites is 2. The molecule has 1 amide bonds. The van der Waals surface area contributed by atoms with Gasteiger partial charge in [0.15, 0.2) is 5.16 Å². The van der Waals surface area contributed by atoms with Crippen molar-refractivity contribution in [3.8, 4) is 5.69 Å². The van der Waals surface area contributed by atoms with Gasteiger partial charge in [-0.3, -0.25) is 14.2 Å². The lowest BCUT2D eigenvalue weighted by Gasteiger charge is -2.12. The number of nitrogens with zero attached hydrogens (tertiary/aromatic N) is 2. The molecule has 1 fully saturated rings. The standard InChI is InChI=1S/C23H18FN3O2S2/c24-17-8-4-5-9-18(17)25-19(28)13-31-23-26-21-20(16(12-30-21)14-10-11-14)22(29)27(23)15-6-2-1-3-7-15/h1-9,12,14H,10-11,13H2,(H,25,28). The fraction of sp³-hybridized carbons (Fsp3) is 0.174. The van der Waals surface area contributed by atoms with Crippen molar-refractivity contribution in [3.63, 3.8) is 0 Å². The highest BCUT2D eigenvalue weighted by atomic mass is 32.2. The third kappa shape index (κ3) is 4.00. The number of carbonyl (C=O) groups is 1. The first-order chi connectivity index (χ1) is 15.1. The zero-order valence-corrected chi connectivity index (χ0v) is 18.0. The average molecular weight is 452 g/mol. The van der Waals surface area contributed by atoms with Gasteiger partial charge in [-0.25, -0.2) is 9.37 Å². The first-order valence-corrected chi connectivity index (χ1v) is 11.7. The van der Waals surface area contributed by atoms with Crippen LogP contribution < -0.4 is 10.9 Å². The molecule has 1 aliphatic carbocycles. The van der Waals surface area contributed by atoms with Gasteiger partial charge in [0, 0.05) is 0 Å². The number of aromatic nitrogens is 2. The minimum atomic E-state index is -0.493. The number of thiophene rings is 1. The predicted octanol–water partition coefficient (Wildman–Crippen LogP) is 5.19. The highest BCUT2D eigenvalue weighted by Gasteiger charge is 2.29. The lowest BCUT2D eigenvalue weighted by Crippen LogP contribution is -2.23. The summed E-state index contributed by atoms with van der Waals surface area (Å²) in [6.07, 6.45) is 2.20. The largest absolute Gasteiger partial charge is 0.323 e. The molecular formula is C23H18FN3O2S2. The van der Waals surface area contributed by atoms with E-state index in [9.17, 15) is 14.0 Å². The van der Waals surface area contributed by atoms with Gasteiger partial charge in [0.2, 0.25) is 5.91 Å². The third-order valence-electron chi connectivity index (χ3n) is 5.12. The van der Waals surface area contributed by atoms with Gasteiger partial charge in [0.05, 0.1) is 22.5 Å². The van der Waals surface area contributed by atoms with Gasteiger partial charge in [-0.1, -0.05) is 42.1 Å². The fourth-order valence-corrected chi connectivity index (χ4v) is 5.34. The highest BCUT2D eigenvalue weighted by molar-refractivity contribution is 7.99. The van der Waals surface area contributed by atoms with E-state index in [1.165, 1.54) is 23.5 Å². The Hall–Kier alpha value is -2.97. The smallest absolute Gasteiger partial charge is 0.267 e. The molecular weight excluding hydrogens is 433 g/mol. The van der Waals surface area contributed by atoms with Crippen LogP contribution in [0.5, 0.6) is 0 Å². The molecule has 0 saturated heterocycles. The molecule has 2 aromatic heterocycles. The maximum absolute atomic E-state index is 13.8. The summed E-state index contributed by atoms with van der Waals surface area (Å²) in [5.41, 5.74) is 1.79. The van der Waals surface area contributed by atoms with Crippen molar-refractivity contribution >= 4 is 44.9 Å². The lowest BCUT2D eigenvalue weighted by molar-refractivity contribution is -0.113. The van der Waals surface area contributed by atoms with Crippen LogP contribution >= 0.6 is 23.1 Å². The Morgan fingerprint density at radius 2 is 1.90 bits per heavy atom. The second-order valence-electron chi connectivity index (χ2n) is 7.33. The van der Waals surface area contributed by atoms with Gasteiger partial charge < -0.3 is 5.32 Å². The van der Waals surface area contributed by atoms with E-state index in [-0.39, 0.29) is 22.9 Å². The molecule has 31 heavy (non-hydrogen) atoms. The van der Waals surface area contributed by atoms with Crippen LogP contribution in [0.15, 0.2) is 69.9 Å². The number of benzene rings is 2. The molecule has 0 bridgehead atoms. The number of amides is 1. The Kier molecular flexibility index (Phi) is 5.33. The van der Waals surface area contributed by atoms with E-state index in [0.29, 0.717) is 27.0 Å². The summed E-state index contributed by atoms with van der Waals surface area (Å²) in [4.78, 5) is 31.4. The molecule has 1 aliphatic rings. The van der Waals surface area contributed by atoms with Gasteiger partial charge in [-0.15, -0.1) is 11.3 Å². The van der Waals surface area contributed by atoms with E-state index < -0.39 is 5.82 Å². The zero-order chi connectivity index (χ0) is 21.4. The van der Waals surface area contributed by atoms with Crippen molar-refractivity contribution in [1.82, 2.24) is 9.55 Å². The molecule has 0 unspecified atom stereocenters. The van der Waals surface area contributed by atoms with Gasteiger partial charge in [0.25, 0.3) is 5.56 Å². The van der Waals surface area contributed by atoms with Crippen LogP contribution in [0.25, 0.3) is 15.9 Å². The fourth-order valence-electron chi connectivity index (χ4n) is 3.47. The van der Waals surface area contributed by atoms with Crippen LogP contribution in [-0.2, 0) is 4.79 Å². The van der Waals surface area contributed by atoms with Crippen molar-refractivity contribution in [2.75, 3.05) is 11.1 Å². The van der Waals surface area contributed by atoms with Crippen molar-refractivity contribution in [2.45, 2.75) is 23.9 Å². The van der Waals surface area contributed by atoms with Crippen LogP contribution in [0.3, 0.4) is 0 Å². The monoisotopic (exact) mass is 451 g/mol. The van der Waals surface area contributed by atoms with Crippen molar-refractivity contribution in [2.24, 2.45) is 0 Å². The van der Waals surface area contributed by atoms with Crippen molar-refractivity contribution in [1.29, 1.82) is 0 Å². The zero-order valence-electron chi connectivity index (χ0n) is 16.4. The van der Waals surface area contributed by atoms with Crippen LogP contribution in [-0.4, -0.2) is 21.2 Å². The summed E-state index contributed by atoms with van der Waals surface area (Å²) in [5.74, 6) is -0.417. The Labute approximate surface area is 185 Å². The van der Waals surface area contributed by atoms with Gasteiger partial charge >= 0.3 is 0 Å². The molecule has 0 aliphatic heterocycles. The average Bonchev–Trinajstić information content (AvgIpc) is 3.53. The van der Waals surface area contributed by atoms with Crippen LogP contribution in [0, 0.1) is 5.82 Å². The Morgan fingerprint density at radius 1 is 1.16 bits per heavy atom. The maximum atomic E-state index is 13.8. The Morgan fingerprint density at radius 3 is 2.65 bits per heavy atom. The summed E-state index contributed by atoms with van der Waals surface area (Å²) < 4.78 is 15.4. The number of anilines is 1.